The number of rotatable bonds is 2. The quantitative estimate of drug-likeness (QED) is 0.728. The zero-order chi connectivity index (χ0) is 12.5. The van der Waals surface area contributed by atoms with Crippen molar-refractivity contribution in [1.29, 1.82) is 0 Å². The Morgan fingerprint density at radius 1 is 0.882 bits per heavy atom. The van der Waals surface area contributed by atoms with Gasteiger partial charge in [-0.1, -0.05) is 0 Å². The summed E-state index contributed by atoms with van der Waals surface area (Å²) in [7, 11) is 0. The van der Waals surface area contributed by atoms with Crippen LogP contribution in [0.3, 0.4) is 0 Å². The molecule has 0 aliphatic heterocycles. The first-order valence-electron chi connectivity index (χ1n) is 6.91. The molecule has 2 saturated carbocycles. The van der Waals surface area contributed by atoms with E-state index in [2.05, 4.69) is 0 Å². The van der Waals surface area contributed by atoms with Gasteiger partial charge in [0.2, 0.25) is 0 Å². The summed E-state index contributed by atoms with van der Waals surface area (Å²) >= 11 is 1.13. The number of carbonyl (C=O) groups is 1. The molecule has 0 unspecified atom stereocenters. The Bertz CT molecular complexity index is 186. The van der Waals surface area contributed by atoms with Crippen molar-refractivity contribution in [1.82, 2.24) is 0 Å². The molecule has 2 aliphatic rings. The third kappa shape index (κ3) is 7.95. The number of aliphatic carboxylic acids is 1. The number of carboxylic acids is 1. The van der Waals surface area contributed by atoms with Gasteiger partial charge in [-0.3, -0.25) is 0 Å². The van der Waals surface area contributed by atoms with E-state index >= 15 is 0 Å². The molecule has 2 aliphatic carbocycles. The van der Waals surface area contributed by atoms with Crippen LogP contribution < -0.4 is 5.11 Å². The topological polar surface area (TPSA) is 40.1 Å². The van der Waals surface area contributed by atoms with Gasteiger partial charge in [0.25, 0.3) is 0 Å². The molecule has 0 aromatic heterocycles. The van der Waals surface area contributed by atoms with Crippen LogP contribution in [0.2, 0.25) is 8.78 Å². The molecule has 0 saturated heterocycles. The van der Waals surface area contributed by atoms with Crippen LogP contribution in [-0.4, -0.2) is 5.97 Å². The second-order valence-electron chi connectivity index (χ2n) is 4.97. The maximum absolute atomic E-state index is 8.89. The van der Waals surface area contributed by atoms with E-state index in [4.69, 9.17) is 9.90 Å². The third-order valence-electron chi connectivity index (χ3n) is 3.30. The van der Waals surface area contributed by atoms with Gasteiger partial charge in [-0.15, -0.1) is 0 Å². The van der Waals surface area contributed by atoms with E-state index in [1.54, 1.807) is 25.7 Å². The average molecular weight is 332 g/mol. The Balaban J connectivity index is 0.000000317. The fourth-order valence-corrected chi connectivity index (χ4v) is 5.82. The van der Waals surface area contributed by atoms with Crippen molar-refractivity contribution in [2.75, 3.05) is 0 Å². The Morgan fingerprint density at radius 3 is 1.47 bits per heavy atom. The number of carboxylic acid groups (broad SMARTS) is 1. The molecule has 0 amide bonds. The number of hydrogen-bond donors (Lipinski definition) is 0. The van der Waals surface area contributed by atoms with Crippen molar-refractivity contribution in [2.45, 2.75) is 79.9 Å². The largest absolute Gasteiger partial charge is 0.550 e. The van der Waals surface area contributed by atoms with Crippen LogP contribution in [0.5, 0.6) is 0 Å². The van der Waals surface area contributed by atoms with Gasteiger partial charge < -0.3 is 9.90 Å². The maximum atomic E-state index is 8.89. The molecule has 2 nitrogen and oxygen atoms in total. The fraction of sp³-hybridized carbons (Fsp3) is 0.929. The van der Waals surface area contributed by atoms with Gasteiger partial charge in [-0.25, -0.2) is 0 Å². The van der Waals surface area contributed by atoms with Crippen LogP contribution in [0.15, 0.2) is 0 Å². The predicted octanol–water partition coefficient (Wildman–Crippen LogP) is 3.33. The Morgan fingerprint density at radius 2 is 1.18 bits per heavy atom. The van der Waals surface area contributed by atoms with Crippen LogP contribution in [0.4, 0.5) is 0 Å². The van der Waals surface area contributed by atoms with Gasteiger partial charge in [0.15, 0.2) is 0 Å². The van der Waals surface area contributed by atoms with E-state index < -0.39 is 5.97 Å². The van der Waals surface area contributed by atoms with E-state index in [0.29, 0.717) is 0 Å². The summed E-state index contributed by atoms with van der Waals surface area (Å²) in [4.78, 5) is 8.89. The molecular formula is C14H25O2Pd. The Hall–Kier alpha value is 0.132. The molecule has 0 atom stereocenters. The molecule has 0 N–H and O–H groups in total. The molecule has 2 fully saturated rings. The number of carbonyl (C=O) groups excluding carboxylic acids is 1. The van der Waals surface area contributed by atoms with Crippen molar-refractivity contribution in [3.63, 3.8) is 0 Å². The summed E-state index contributed by atoms with van der Waals surface area (Å²) in [5, 5.41) is 8.89. The smallest absolute Gasteiger partial charge is 0.0383 e. The summed E-state index contributed by atoms with van der Waals surface area (Å²) in [5.74, 6) is -1.08. The molecule has 3 heteroatoms. The first-order valence-corrected chi connectivity index (χ1v) is 8.70. The fourth-order valence-electron chi connectivity index (χ4n) is 2.48. The third-order valence-corrected chi connectivity index (χ3v) is 6.56. The van der Waals surface area contributed by atoms with E-state index in [1.165, 1.54) is 47.3 Å². The Kier molecular flexibility index (Phi) is 8.14. The molecule has 0 heterocycles. The van der Waals surface area contributed by atoms with E-state index in [9.17, 15) is 0 Å². The van der Waals surface area contributed by atoms with Gasteiger partial charge in [0.05, 0.1) is 0 Å². The molecule has 2 rings (SSSR count). The Labute approximate surface area is 114 Å². The second-order valence-corrected chi connectivity index (χ2v) is 8.02. The summed E-state index contributed by atoms with van der Waals surface area (Å²) < 4.78 is 2.34. The average Bonchev–Trinajstić information content (AvgIpc) is 2.31. The van der Waals surface area contributed by atoms with Gasteiger partial charge in [-0.2, -0.15) is 0 Å². The molecule has 17 heavy (non-hydrogen) atoms. The summed E-state index contributed by atoms with van der Waals surface area (Å²) in [6.07, 6.45) is 15.5. The molecule has 0 radical (unpaired) electrons. The minimum Gasteiger partial charge on any atom is -0.550 e. The van der Waals surface area contributed by atoms with Crippen LogP contribution in [0.25, 0.3) is 0 Å². The molecule has 0 bridgehead atoms. The van der Waals surface area contributed by atoms with E-state index in [-0.39, 0.29) is 0 Å². The van der Waals surface area contributed by atoms with Crippen molar-refractivity contribution >= 4 is 5.97 Å². The monoisotopic (exact) mass is 331 g/mol. The zero-order valence-corrected chi connectivity index (χ0v) is 12.4. The van der Waals surface area contributed by atoms with Crippen LogP contribution in [-0.2, 0) is 22.8 Å². The molecule has 0 aromatic rings. The van der Waals surface area contributed by atoms with Gasteiger partial charge in [0.1, 0.15) is 0 Å². The summed E-state index contributed by atoms with van der Waals surface area (Å²) in [6.45, 7) is 0.972. The molecule has 0 aromatic carbocycles. The predicted molar refractivity (Wildman–Crippen MR) is 64.4 cm³/mol. The van der Waals surface area contributed by atoms with Crippen molar-refractivity contribution in [2.24, 2.45) is 0 Å². The van der Waals surface area contributed by atoms with Gasteiger partial charge >= 0.3 is 91.0 Å². The van der Waals surface area contributed by atoms with E-state index in [0.717, 1.165) is 24.9 Å². The number of hydrogen-bond acceptors (Lipinski definition) is 2. The van der Waals surface area contributed by atoms with Crippen LogP contribution in [0, 0.1) is 0 Å². The molecule has 103 valence electrons. The van der Waals surface area contributed by atoms with Crippen molar-refractivity contribution < 1.29 is 27.9 Å². The molecular weight excluding hydrogens is 307 g/mol. The second kappa shape index (κ2) is 9.11. The minimum atomic E-state index is -1.08. The van der Waals surface area contributed by atoms with E-state index in [1.807, 2.05) is 0 Å². The normalized spacial score (nSPS) is 22.9. The van der Waals surface area contributed by atoms with Crippen LogP contribution in [0.1, 0.15) is 71.1 Å². The standard InChI is InChI=1S/2C6H11.C2H4O2.Pd/c2*1-2-4-6-5-3-1;1-2(3)4;/h2*1H,2-6H2;1H3,(H,3,4);/q;;;+1/p-1. The van der Waals surface area contributed by atoms with Gasteiger partial charge in [0, 0.05) is 5.97 Å². The summed E-state index contributed by atoms with van der Waals surface area (Å²) in [6, 6.07) is 0. The first-order chi connectivity index (χ1) is 8.18. The van der Waals surface area contributed by atoms with Crippen LogP contribution >= 0.6 is 0 Å². The molecule has 0 spiro atoms. The van der Waals surface area contributed by atoms with Crippen molar-refractivity contribution in [3.8, 4) is 0 Å². The SMILES string of the molecule is C1CC[CH]([Pd+][CH]2CCCCC2)CC1.CC(=O)[O-]. The minimum absolute atomic E-state index is 0.972. The zero-order valence-electron chi connectivity index (χ0n) is 10.9. The first kappa shape index (κ1) is 15.2. The van der Waals surface area contributed by atoms with Gasteiger partial charge in [-0.05, 0) is 6.92 Å². The van der Waals surface area contributed by atoms with Crippen molar-refractivity contribution in [3.05, 3.63) is 0 Å². The maximum Gasteiger partial charge on any atom is 0.0383 e. The summed E-state index contributed by atoms with van der Waals surface area (Å²) in [5.41, 5.74) is 0.